The Morgan fingerprint density at radius 3 is 2.36 bits per heavy atom. The molecular weight excluding hydrogens is 573 g/mol. The van der Waals surface area contributed by atoms with Crippen LogP contribution in [0.4, 0.5) is 22.8 Å². The second kappa shape index (κ2) is 13.2. The van der Waals surface area contributed by atoms with Gasteiger partial charge in [-0.3, -0.25) is 4.90 Å². The summed E-state index contributed by atoms with van der Waals surface area (Å²) < 4.78 is 47.1. The summed E-state index contributed by atoms with van der Waals surface area (Å²) in [7, 11) is 1.16. The highest BCUT2D eigenvalue weighted by Gasteiger charge is 2.43. The van der Waals surface area contributed by atoms with Gasteiger partial charge in [-0.25, -0.2) is 32.5 Å². The van der Waals surface area contributed by atoms with Gasteiger partial charge in [-0.15, -0.1) is 12.4 Å². The Labute approximate surface area is 248 Å². The number of nitrogens with one attached hydrogen (secondary N) is 2. The van der Waals surface area contributed by atoms with Crippen molar-refractivity contribution in [3.05, 3.63) is 82.3 Å². The van der Waals surface area contributed by atoms with Crippen molar-refractivity contribution >= 4 is 30.4 Å². The number of ether oxygens (including phenoxy) is 1. The number of halogens is 4. The molecule has 2 aliphatic heterocycles. The van der Waals surface area contributed by atoms with E-state index < -0.39 is 35.7 Å². The molecule has 3 aliphatic rings. The van der Waals surface area contributed by atoms with Crippen molar-refractivity contribution in [3.63, 3.8) is 0 Å². The van der Waals surface area contributed by atoms with Gasteiger partial charge in [-0.2, -0.15) is 0 Å². The van der Waals surface area contributed by atoms with Crippen molar-refractivity contribution in [1.82, 2.24) is 20.4 Å². The molecule has 0 spiro atoms. The van der Waals surface area contributed by atoms with Crippen molar-refractivity contribution in [2.45, 2.75) is 63.1 Å². The normalized spacial score (nSPS) is 24.6. The molecule has 4 amide bonds. The molecular formula is C30H34ClF3N4O4. The number of hydrogen-bond acceptors (Lipinski definition) is 5. The number of allylic oxidation sites excluding steroid dienone is 1. The van der Waals surface area contributed by atoms with Crippen LogP contribution in [0.1, 0.15) is 62.1 Å². The van der Waals surface area contributed by atoms with Gasteiger partial charge in [-0.1, -0.05) is 24.3 Å². The van der Waals surface area contributed by atoms with E-state index in [4.69, 9.17) is 4.74 Å². The molecule has 12 heteroatoms. The van der Waals surface area contributed by atoms with E-state index in [0.717, 1.165) is 61.9 Å². The van der Waals surface area contributed by atoms with Gasteiger partial charge in [0.15, 0.2) is 11.6 Å². The molecule has 0 unspecified atom stereocenters. The van der Waals surface area contributed by atoms with E-state index in [1.54, 1.807) is 6.07 Å². The molecule has 1 saturated carbocycles. The number of amides is 4. The zero-order valence-electron chi connectivity index (χ0n) is 23.4. The van der Waals surface area contributed by atoms with Gasteiger partial charge in [0.25, 0.3) is 0 Å². The summed E-state index contributed by atoms with van der Waals surface area (Å²) in [6, 6.07) is 7.05. The maximum absolute atomic E-state index is 14.3. The fourth-order valence-electron chi connectivity index (χ4n) is 6.36. The van der Waals surface area contributed by atoms with Crippen molar-refractivity contribution in [2.75, 3.05) is 20.2 Å². The smallest absolute Gasteiger partial charge is 0.337 e. The zero-order chi connectivity index (χ0) is 29.3. The van der Waals surface area contributed by atoms with Crippen LogP contribution in [0, 0.1) is 17.5 Å². The summed E-state index contributed by atoms with van der Waals surface area (Å²) >= 11 is 0. The molecule has 8 nitrogen and oxygen atoms in total. The van der Waals surface area contributed by atoms with Crippen molar-refractivity contribution in [2.24, 2.45) is 0 Å². The van der Waals surface area contributed by atoms with Gasteiger partial charge >= 0.3 is 18.0 Å². The maximum atomic E-state index is 14.3. The molecule has 2 atom stereocenters. The maximum Gasteiger partial charge on any atom is 0.337 e. The molecule has 2 N–H and O–H groups in total. The number of likely N-dealkylation sites (tertiary alicyclic amines) is 1. The Morgan fingerprint density at radius 1 is 0.976 bits per heavy atom. The number of rotatable bonds is 5. The highest BCUT2D eigenvalue weighted by Crippen LogP contribution is 2.38. The lowest BCUT2D eigenvalue weighted by atomic mass is 9.81. The molecule has 2 fully saturated rings. The topological polar surface area (TPSA) is 91.0 Å². The molecule has 0 radical (unpaired) electrons. The summed E-state index contributed by atoms with van der Waals surface area (Å²) in [5.41, 5.74) is 0.906. The van der Waals surface area contributed by atoms with Crippen LogP contribution in [0.2, 0.25) is 0 Å². The van der Waals surface area contributed by atoms with Crippen molar-refractivity contribution < 1.29 is 32.3 Å². The highest BCUT2D eigenvalue weighted by molar-refractivity contribution is 6.01. The van der Waals surface area contributed by atoms with Crippen LogP contribution in [0.3, 0.4) is 0 Å². The lowest BCUT2D eigenvalue weighted by Crippen LogP contribution is -2.56. The van der Waals surface area contributed by atoms with Crippen LogP contribution in [0.15, 0.2) is 53.7 Å². The minimum Gasteiger partial charge on any atom is -0.466 e. The molecule has 5 rings (SSSR count). The number of methoxy groups -OCH3 is 1. The molecule has 226 valence electrons. The molecule has 0 bridgehead atoms. The van der Waals surface area contributed by atoms with Crippen LogP contribution < -0.4 is 10.6 Å². The van der Waals surface area contributed by atoms with E-state index in [9.17, 15) is 27.6 Å². The second-order valence-electron chi connectivity index (χ2n) is 10.9. The number of urea groups is 2. The standard InChI is InChI=1S/C30H33F3N4O4.ClH/c1-17-26(28(38)41-2)27(19-9-12-24(32)25(33)15-19)37(29(39)34-17)30(40)35-20-13-14-36(16-20)21-10-7-18(8-11-21)22-5-3-4-6-23(22)31;/h3-6,9,12,15,18,20-21,27H,7-8,10-11,13-14,16H2,1-2H3,(H,34,39)(H,35,40);1H/t18-,20-,21-,27+;/m1./s1. The molecule has 42 heavy (non-hydrogen) atoms. The monoisotopic (exact) mass is 606 g/mol. The van der Waals surface area contributed by atoms with E-state index >= 15 is 0 Å². The van der Waals surface area contributed by atoms with Gasteiger partial charge in [-0.05, 0) is 74.3 Å². The number of nitrogens with zero attached hydrogens (tertiary/aromatic N) is 2. The van der Waals surface area contributed by atoms with Crippen molar-refractivity contribution in [1.29, 1.82) is 0 Å². The van der Waals surface area contributed by atoms with Crippen LogP contribution >= 0.6 is 12.4 Å². The summed E-state index contributed by atoms with van der Waals surface area (Å²) in [6.45, 7) is 2.80. The molecule has 2 heterocycles. The van der Waals surface area contributed by atoms with Crippen LogP contribution in [0.25, 0.3) is 0 Å². The first-order chi connectivity index (χ1) is 19.7. The number of benzene rings is 2. The van der Waals surface area contributed by atoms with Gasteiger partial charge in [0.1, 0.15) is 11.9 Å². The Bertz CT molecular complexity index is 1380. The number of carbonyl (C=O) groups excluding carboxylic acids is 3. The number of esters is 1. The largest absolute Gasteiger partial charge is 0.466 e. The second-order valence-corrected chi connectivity index (χ2v) is 10.9. The number of imide groups is 1. The fraction of sp³-hybridized carbons (Fsp3) is 0.433. The summed E-state index contributed by atoms with van der Waals surface area (Å²) in [6.07, 6.45) is 4.25. The number of hydrogen-bond donors (Lipinski definition) is 2. The van der Waals surface area contributed by atoms with Crippen LogP contribution in [-0.4, -0.2) is 60.1 Å². The molecule has 2 aromatic rings. The predicted molar refractivity (Wildman–Crippen MR) is 151 cm³/mol. The molecule has 0 aromatic heterocycles. The Morgan fingerprint density at radius 2 is 1.69 bits per heavy atom. The van der Waals surface area contributed by atoms with Gasteiger partial charge < -0.3 is 15.4 Å². The first-order valence-electron chi connectivity index (χ1n) is 13.8. The van der Waals surface area contributed by atoms with E-state index in [-0.39, 0.29) is 47.0 Å². The number of carbonyl (C=O) groups is 3. The molecule has 1 saturated heterocycles. The summed E-state index contributed by atoms with van der Waals surface area (Å²) in [4.78, 5) is 42.4. The highest BCUT2D eigenvalue weighted by atomic mass is 35.5. The SMILES string of the molecule is COC(=O)C1=C(C)NC(=O)N(C(=O)N[C@@H]2CCN([C@H]3CC[C@H](c4ccccc4F)CC3)C2)[C@H]1c1ccc(F)c(F)c1.Cl. The van der Waals surface area contributed by atoms with E-state index in [1.807, 2.05) is 12.1 Å². The average Bonchev–Trinajstić information content (AvgIpc) is 3.42. The van der Waals surface area contributed by atoms with Gasteiger partial charge in [0, 0.05) is 30.9 Å². The van der Waals surface area contributed by atoms with Gasteiger partial charge in [0.2, 0.25) is 0 Å². The van der Waals surface area contributed by atoms with Crippen LogP contribution in [0.5, 0.6) is 0 Å². The lowest BCUT2D eigenvalue weighted by Gasteiger charge is -2.37. The predicted octanol–water partition coefficient (Wildman–Crippen LogP) is 5.55. The first kappa shape index (κ1) is 31.4. The molecule has 1 aliphatic carbocycles. The first-order valence-corrected chi connectivity index (χ1v) is 13.8. The van der Waals surface area contributed by atoms with Crippen molar-refractivity contribution in [3.8, 4) is 0 Å². The summed E-state index contributed by atoms with van der Waals surface area (Å²) in [5, 5.41) is 5.41. The third-order valence-electron chi connectivity index (χ3n) is 8.44. The average molecular weight is 607 g/mol. The van der Waals surface area contributed by atoms with Gasteiger partial charge in [0.05, 0.1) is 12.7 Å². The minimum absolute atomic E-state index is 0. The fourth-order valence-corrected chi connectivity index (χ4v) is 6.36. The lowest BCUT2D eigenvalue weighted by molar-refractivity contribution is -0.136. The van der Waals surface area contributed by atoms with Crippen LogP contribution in [-0.2, 0) is 9.53 Å². The third-order valence-corrected chi connectivity index (χ3v) is 8.44. The Hall–Kier alpha value is -3.57. The molecule has 2 aromatic carbocycles. The van der Waals surface area contributed by atoms with E-state index in [0.29, 0.717) is 19.0 Å². The minimum atomic E-state index is -1.32. The Balaban J connectivity index is 0.00000405. The Kier molecular flexibility index (Phi) is 9.83. The van der Waals surface area contributed by atoms with E-state index in [2.05, 4.69) is 15.5 Å². The zero-order valence-corrected chi connectivity index (χ0v) is 24.2. The van der Waals surface area contributed by atoms with E-state index in [1.165, 1.54) is 19.1 Å². The third kappa shape index (κ3) is 6.27. The summed E-state index contributed by atoms with van der Waals surface area (Å²) in [5.74, 6) is -3.06. The quantitative estimate of drug-likeness (QED) is 0.436.